The molecule has 102 valence electrons. The summed E-state index contributed by atoms with van der Waals surface area (Å²) < 4.78 is 15.0. The van der Waals surface area contributed by atoms with Gasteiger partial charge in [0.1, 0.15) is 11.6 Å². The number of amides is 1. The summed E-state index contributed by atoms with van der Waals surface area (Å²) in [7, 11) is 1.87. The number of hydrogen-bond donors (Lipinski definition) is 2. The molecule has 5 nitrogen and oxygen atoms in total. The molecule has 2 aromatic rings. The molecule has 0 saturated carbocycles. The van der Waals surface area contributed by atoms with E-state index in [-0.39, 0.29) is 11.7 Å². The molecule has 1 unspecified atom stereocenters. The number of nitrogens with zero attached hydrogens (tertiary/aromatic N) is 2. The number of benzene rings is 1. The number of nitrogens with one attached hydrogen (secondary N) is 1. The van der Waals surface area contributed by atoms with Crippen LogP contribution < -0.4 is 11.1 Å². The van der Waals surface area contributed by atoms with Gasteiger partial charge in [-0.25, -0.2) is 9.37 Å². The molecular formula is C13H17FN4O. The predicted octanol–water partition coefficient (Wildman–Crippen LogP) is 0.718. The highest BCUT2D eigenvalue weighted by Crippen LogP contribution is 2.16. The zero-order chi connectivity index (χ0) is 14.0. The summed E-state index contributed by atoms with van der Waals surface area (Å²) in [6.45, 7) is 2.09. The van der Waals surface area contributed by atoms with Gasteiger partial charge in [-0.1, -0.05) is 0 Å². The molecule has 1 atom stereocenters. The van der Waals surface area contributed by atoms with E-state index in [9.17, 15) is 9.18 Å². The second-order valence-electron chi connectivity index (χ2n) is 4.55. The summed E-state index contributed by atoms with van der Waals surface area (Å²) >= 11 is 0. The average Bonchev–Trinajstić information content (AvgIpc) is 2.65. The largest absolute Gasteiger partial charge is 0.354 e. The van der Waals surface area contributed by atoms with Crippen LogP contribution in [0.5, 0.6) is 0 Å². The second kappa shape index (κ2) is 5.36. The number of aromatic nitrogens is 2. The maximum atomic E-state index is 13.1. The molecule has 6 heteroatoms. The summed E-state index contributed by atoms with van der Waals surface area (Å²) in [5, 5.41) is 2.72. The van der Waals surface area contributed by atoms with Crippen molar-refractivity contribution in [2.24, 2.45) is 12.8 Å². The van der Waals surface area contributed by atoms with E-state index < -0.39 is 6.04 Å². The lowest BCUT2D eigenvalue weighted by Crippen LogP contribution is -2.39. The molecule has 19 heavy (non-hydrogen) atoms. The van der Waals surface area contributed by atoms with E-state index >= 15 is 0 Å². The fourth-order valence-electron chi connectivity index (χ4n) is 1.90. The van der Waals surface area contributed by atoms with Crippen LogP contribution in [0.4, 0.5) is 4.39 Å². The number of imidazole rings is 1. The molecule has 0 spiro atoms. The van der Waals surface area contributed by atoms with Crippen LogP contribution in [0.2, 0.25) is 0 Å². The van der Waals surface area contributed by atoms with Crippen molar-refractivity contribution in [3.8, 4) is 0 Å². The lowest BCUT2D eigenvalue weighted by molar-refractivity contribution is -0.121. The minimum absolute atomic E-state index is 0.190. The number of carbonyl (C=O) groups is 1. The minimum Gasteiger partial charge on any atom is -0.354 e. The van der Waals surface area contributed by atoms with E-state index in [0.29, 0.717) is 18.5 Å². The molecule has 1 heterocycles. The molecule has 1 aromatic heterocycles. The van der Waals surface area contributed by atoms with E-state index in [4.69, 9.17) is 5.73 Å². The third-order valence-corrected chi connectivity index (χ3v) is 3.00. The zero-order valence-corrected chi connectivity index (χ0v) is 11.0. The number of nitrogens with two attached hydrogens (primary N) is 1. The van der Waals surface area contributed by atoms with Crippen molar-refractivity contribution in [2.75, 3.05) is 6.54 Å². The van der Waals surface area contributed by atoms with Gasteiger partial charge < -0.3 is 15.6 Å². The van der Waals surface area contributed by atoms with Gasteiger partial charge in [-0.15, -0.1) is 0 Å². The van der Waals surface area contributed by atoms with E-state index in [1.54, 1.807) is 13.0 Å². The first-order chi connectivity index (χ1) is 8.99. The van der Waals surface area contributed by atoms with Crippen molar-refractivity contribution in [3.63, 3.8) is 0 Å². The number of aryl methyl sites for hydroxylation is 1. The molecule has 1 amide bonds. The summed E-state index contributed by atoms with van der Waals surface area (Å²) in [6, 6.07) is 3.99. The summed E-state index contributed by atoms with van der Waals surface area (Å²) in [5.41, 5.74) is 6.94. The number of rotatable bonds is 4. The zero-order valence-electron chi connectivity index (χ0n) is 11.0. The fourth-order valence-corrected chi connectivity index (χ4v) is 1.90. The normalized spacial score (nSPS) is 12.6. The van der Waals surface area contributed by atoms with Gasteiger partial charge in [0, 0.05) is 26.1 Å². The van der Waals surface area contributed by atoms with Gasteiger partial charge in [0.25, 0.3) is 0 Å². The summed E-state index contributed by atoms with van der Waals surface area (Å²) in [4.78, 5) is 15.7. The van der Waals surface area contributed by atoms with Gasteiger partial charge in [0.05, 0.1) is 17.1 Å². The quantitative estimate of drug-likeness (QED) is 0.854. The van der Waals surface area contributed by atoms with E-state index in [1.165, 1.54) is 12.1 Å². The van der Waals surface area contributed by atoms with Gasteiger partial charge >= 0.3 is 0 Å². The lowest BCUT2D eigenvalue weighted by atomic mass is 10.3. The Morgan fingerprint density at radius 1 is 1.58 bits per heavy atom. The Morgan fingerprint density at radius 2 is 2.32 bits per heavy atom. The van der Waals surface area contributed by atoms with Crippen LogP contribution in [0.15, 0.2) is 18.2 Å². The van der Waals surface area contributed by atoms with Crippen LogP contribution in [0.25, 0.3) is 11.0 Å². The van der Waals surface area contributed by atoms with Gasteiger partial charge in [-0.05, 0) is 19.1 Å². The molecular weight excluding hydrogens is 247 g/mol. The maximum Gasteiger partial charge on any atom is 0.236 e. The van der Waals surface area contributed by atoms with Crippen LogP contribution in [-0.4, -0.2) is 28.0 Å². The smallest absolute Gasteiger partial charge is 0.236 e. The van der Waals surface area contributed by atoms with E-state index in [1.807, 2.05) is 11.6 Å². The molecule has 0 saturated heterocycles. The van der Waals surface area contributed by atoms with Gasteiger partial charge in [-0.3, -0.25) is 4.79 Å². The SMILES string of the molecule is CC(N)C(=O)NCCc1nc2cc(F)ccc2n1C. The van der Waals surface area contributed by atoms with Gasteiger partial charge in [-0.2, -0.15) is 0 Å². The highest BCUT2D eigenvalue weighted by Gasteiger charge is 2.10. The van der Waals surface area contributed by atoms with Crippen molar-refractivity contribution >= 4 is 16.9 Å². The van der Waals surface area contributed by atoms with E-state index in [2.05, 4.69) is 10.3 Å². The van der Waals surface area contributed by atoms with Crippen LogP contribution in [0, 0.1) is 5.82 Å². The van der Waals surface area contributed by atoms with E-state index in [0.717, 1.165) is 11.3 Å². The molecule has 1 aromatic carbocycles. The molecule has 0 aliphatic carbocycles. The average molecular weight is 264 g/mol. The van der Waals surface area contributed by atoms with Crippen LogP contribution >= 0.6 is 0 Å². The lowest BCUT2D eigenvalue weighted by Gasteiger charge is -2.07. The standard InChI is InChI=1S/C13H17FN4O/c1-8(15)13(19)16-6-5-12-17-10-7-9(14)3-4-11(10)18(12)2/h3-4,7-8H,5-6,15H2,1-2H3,(H,16,19). The second-order valence-corrected chi connectivity index (χ2v) is 4.55. The first kappa shape index (κ1) is 13.5. The van der Waals surface area contributed by atoms with Crippen molar-refractivity contribution < 1.29 is 9.18 Å². The topological polar surface area (TPSA) is 72.9 Å². The Labute approximate surface area is 110 Å². The van der Waals surface area contributed by atoms with Crippen molar-refractivity contribution in [1.82, 2.24) is 14.9 Å². The minimum atomic E-state index is -0.519. The monoisotopic (exact) mass is 264 g/mol. The first-order valence-corrected chi connectivity index (χ1v) is 6.13. The Balaban J connectivity index is 2.09. The number of carbonyl (C=O) groups excluding carboxylic acids is 1. The molecule has 2 rings (SSSR count). The molecule has 0 radical (unpaired) electrons. The predicted molar refractivity (Wildman–Crippen MR) is 71.0 cm³/mol. The Morgan fingerprint density at radius 3 is 3.00 bits per heavy atom. The molecule has 0 aliphatic heterocycles. The number of halogens is 1. The molecule has 0 bridgehead atoms. The number of hydrogen-bond acceptors (Lipinski definition) is 3. The summed E-state index contributed by atoms with van der Waals surface area (Å²) in [6.07, 6.45) is 0.575. The number of fused-ring (bicyclic) bond motifs is 1. The van der Waals surface area contributed by atoms with Crippen molar-refractivity contribution in [3.05, 3.63) is 29.8 Å². The highest BCUT2D eigenvalue weighted by molar-refractivity contribution is 5.81. The van der Waals surface area contributed by atoms with Gasteiger partial charge in [0.2, 0.25) is 5.91 Å². The highest BCUT2D eigenvalue weighted by atomic mass is 19.1. The molecule has 3 N–H and O–H groups in total. The maximum absolute atomic E-state index is 13.1. The summed E-state index contributed by atoms with van der Waals surface area (Å²) in [5.74, 6) is 0.304. The van der Waals surface area contributed by atoms with Crippen LogP contribution in [0.1, 0.15) is 12.7 Å². The third kappa shape index (κ3) is 2.90. The molecule has 0 fully saturated rings. The van der Waals surface area contributed by atoms with Gasteiger partial charge in [0.15, 0.2) is 0 Å². The molecule has 0 aliphatic rings. The third-order valence-electron chi connectivity index (χ3n) is 3.00. The Kier molecular flexibility index (Phi) is 3.80. The first-order valence-electron chi connectivity index (χ1n) is 6.13. The van der Waals surface area contributed by atoms with Crippen molar-refractivity contribution in [2.45, 2.75) is 19.4 Å². The fraction of sp³-hybridized carbons (Fsp3) is 0.385. The van der Waals surface area contributed by atoms with Crippen molar-refractivity contribution in [1.29, 1.82) is 0 Å². The Hall–Kier alpha value is -1.95. The van der Waals surface area contributed by atoms with Crippen LogP contribution in [0.3, 0.4) is 0 Å². The Bertz CT molecular complexity index is 606. The van der Waals surface area contributed by atoms with Crippen LogP contribution in [-0.2, 0) is 18.3 Å².